The lowest BCUT2D eigenvalue weighted by Crippen LogP contribution is -2.30. The Morgan fingerprint density at radius 3 is 0.817 bits per heavy atom. The molecule has 0 aliphatic heterocycles. The second-order valence-corrected chi connectivity index (χ2v) is 25.8. The van der Waals surface area contributed by atoms with Crippen LogP contribution in [-0.4, -0.2) is 9.13 Å². The van der Waals surface area contributed by atoms with Crippen molar-refractivity contribution in [1.29, 1.82) is 0 Å². The molecule has 0 unspecified atom stereocenters. The van der Waals surface area contributed by atoms with Gasteiger partial charge in [0.1, 0.15) is 0 Å². The van der Waals surface area contributed by atoms with Crippen LogP contribution in [0.2, 0.25) is 0 Å². The van der Waals surface area contributed by atoms with Crippen molar-refractivity contribution in [3.05, 3.63) is 339 Å². The van der Waals surface area contributed by atoms with Crippen LogP contribution in [-0.2, 0) is 5.41 Å². The molecule has 0 radical (unpaired) electrons. The summed E-state index contributed by atoms with van der Waals surface area (Å²) >= 11 is 0. The second kappa shape index (κ2) is 22.1. The maximum absolute atomic E-state index is 2.55. The molecule has 2 heteroatoms. The third kappa shape index (κ3) is 9.31. The van der Waals surface area contributed by atoms with Gasteiger partial charge in [-0.1, -0.05) is 268 Å². The summed E-state index contributed by atoms with van der Waals surface area (Å²) in [6.07, 6.45) is 3.70. The van der Waals surface area contributed by atoms with Crippen LogP contribution < -0.4 is 0 Å². The van der Waals surface area contributed by atoms with Gasteiger partial charge in [-0.25, -0.2) is 0 Å². The summed E-state index contributed by atoms with van der Waals surface area (Å²) < 4.78 is 4.83. The number of hydrogen-bond donors (Lipinski definition) is 0. The number of para-hydroxylation sites is 2. The summed E-state index contributed by atoms with van der Waals surface area (Å²) in [5.41, 5.74) is 28.2. The zero-order valence-corrected chi connectivity index (χ0v) is 51.8. The molecule has 438 valence electrons. The third-order valence-electron chi connectivity index (χ3n) is 20.4. The molecule has 1 aliphatic carbocycles. The predicted octanol–water partition coefficient (Wildman–Crippen LogP) is 25.0. The third-order valence-corrected chi connectivity index (χ3v) is 20.4. The molecule has 15 aromatic carbocycles. The molecular weight excluding hydrogens is 1120 g/mol. The minimum Gasteiger partial charge on any atom is -0.309 e. The number of benzene rings is 15. The fourth-order valence-corrected chi connectivity index (χ4v) is 15.3. The average Bonchev–Trinajstić information content (AvgIpc) is 1.47. The first kappa shape index (κ1) is 54.4. The fraction of sp³-hybridized carbons (Fsp3) is 0.0549. The molecule has 0 saturated heterocycles. The van der Waals surface area contributed by atoms with Crippen molar-refractivity contribution in [2.24, 2.45) is 0 Å². The summed E-state index contributed by atoms with van der Waals surface area (Å²) in [6, 6.07) is 124. The summed E-state index contributed by atoms with van der Waals surface area (Å²) in [5.74, 6) is 0. The first-order valence-electron chi connectivity index (χ1n) is 32.7. The predicted molar refractivity (Wildman–Crippen MR) is 395 cm³/mol. The monoisotopic (exact) mass is 1180 g/mol. The molecule has 0 spiro atoms. The lowest BCUT2D eigenvalue weighted by molar-refractivity contribution is 0.272. The highest BCUT2D eigenvalue weighted by atomic mass is 15.0. The molecule has 2 aromatic heterocycles. The number of fused-ring (bicyclic) bond motifs is 8. The van der Waals surface area contributed by atoms with Gasteiger partial charge in [-0.3, -0.25) is 0 Å². The number of hydrogen-bond acceptors (Lipinski definition) is 0. The standard InChI is InChI=1S/C91H64N2/c1-91(53-16-54-91)74-47-48-79-84(59-74)90(69-41-37-67(38-42-69)73-46-52-88-83(58-73)81-56-71(44-50-86(81)93(88)76-23-12-5-13-24-76)65-33-29-63(30-34-65)61-19-8-3-9-20-61)78-26-15-14-25-77(78)89(79)68-39-35-66(36-40-68)72-45-51-87-82(57-72)80-55-70(43-49-85(80)92(87)75-21-10-4-11-22-75)64-31-27-62(28-32-64)60-17-6-2-7-18-60/h2-15,17-52,55-59H,16,53-54H2,1H3. The number of aromatic nitrogens is 2. The highest BCUT2D eigenvalue weighted by molar-refractivity contribution is 6.22. The minimum atomic E-state index is 0.170. The Bertz CT molecular complexity index is 5700. The van der Waals surface area contributed by atoms with Gasteiger partial charge in [-0.2, -0.15) is 0 Å². The topological polar surface area (TPSA) is 9.86 Å². The Kier molecular flexibility index (Phi) is 12.9. The van der Waals surface area contributed by atoms with Crippen LogP contribution in [0.1, 0.15) is 31.7 Å². The van der Waals surface area contributed by atoms with Crippen molar-refractivity contribution in [3.63, 3.8) is 0 Å². The molecule has 0 N–H and O–H groups in total. The van der Waals surface area contributed by atoms with Gasteiger partial charge in [0.2, 0.25) is 0 Å². The maximum atomic E-state index is 2.55. The van der Waals surface area contributed by atoms with E-state index in [9.17, 15) is 0 Å². The quantitative estimate of drug-likeness (QED) is 0.114. The molecule has 1 saturated carbocycles. The van der Waals surface area contributed by atoms with Gasteiger partial charge in [-0.05, 0) is 213 Å². The number of rotatable bonds is 11. The van der Waals surface area contributed by atoms with Crippen LogP contribution in [0.25, 0.3) is 166 Å². The normalized spacial score (nSPS) is 13.0. The lowest BCUT2D eigenvalue weighted by Gasteiger charge is -2.39. The molecule has 0 bridgehead atoms. The molecule has 2 nitrogen and oxygen atoms in total. The SMILES string of the molecule is CC1(c2ccc3c(-c4ccc(-c5ccc6c(c5)c5cc(-c7ccc(-c8ccccc8)cc7)ccc5n6-c5ccccc5)cc4)c4ccccc4c(-c4ccc(-c5ccc6c(c5)c5cc(-c7ccc(-c8ccccc8)cc7)ccc5n6-c5ccccc5)cc4)c3c2)CCC1. The van der Waals surface area contributed by atoms with E-state index >= 15 is 0 Å². The van der Waals surface area contributed by atoms with E-state index in [2.05, 4.69) is 350 Å². The van der Waals surface area contributed by atoms with Gasteiger partial charge in [0.05, 0.1) is 22.1 Å². The molecule has 93 heavy (non-hydrogen) atoms. The van der Waals surface area contributed by atoms with Crippen molar-refractivity contribution in [2.45, 2.75) is 31.6 Å². The van der Waals surface area contributed by atoms with Crippen molar-refractivity contribution < 1.29 is 0 Å². The largest absolute Gasteiger partial charge is 0.309 e. The van der Waals surface area contributed by atoms with E-state index in [-0.39, 0.29) is 5.41 Å². The summed E-state index contributed by atoms with van der Waals surface area (Å²) in [5, 5.41) is 10.0. The molecule has 1 aliphatic rings. The van der Waals surface area contributed by atoms with Crippen LogP contribution in [0.5, 0.6) is 0 Å². The van der Waals surface area contributed by atoms with E-state index in [0.29, 0.717) is 0 Å². The van der Waals surface area contributed by atoms with Crippen LogP contribution in [0.15, 0.2) is 334 Å². The lowest BCUT2D eigenvalue weighted by atomic mass is 9.65. The first-order chi connectivity index (χ1) is 45.9. The summed E-state index contributed by atoms with van der Waals surface area (Å²) in [4.78, 5) is 0. The molecule has 17 aromatic rings. The Morgan fingerprint density at radius 1 is 0.215 bits per heavy atom. The van der Waals surface area contributed by atoms with Gasteiger partial charge >= 0.3 is 0 Å². The van der Waals surface area contributed by atoms with Crippen molar-refractivity contribution >= 4 is 65.2 Å². The van der Waals surface area contributed by atoms with Crippen LogP contribution in [0, 0.1) is 0 Å². The second-order valence-electron chi connectivity index (χ2n) is 25.8. The summed E-state index contributed by atoms with van der Waals surface area (Å²) in [7, 11) is 0. The molecular formula is C91H64N2. The van der Waals surface area contributed by atoms with E-state index < -0.39 is 0 Å². The van der Waals surface area contributed by atoms with E-state index in [1.807, 2.05) is 0 Å². The van der Waals surface area contributed by atoms with E-state index in [4.69, 9.17) is 0 Å². The van der Waals surface area contributed by atoms with Crippen LogP contribution in [0.4, 0.5) is 0 Å². The van der Waals surface area contributed by atoms with E-state index in [1.165, 1.54) is 179 Å². The van der Waals surface area contributed by atoms with E-state index in [1.54, 1.807) is 0 Å². The smallest absolute Gasteiger partial charge is 0.0541 e. The molecule has 18 rings (SSSR count). The minimum absolute atomic E-state index is 0.170. The van der Waals surface area contributed by atoms with Gasteiger partial charge in [-0.15, -0.1) is 0 Å². The van der Waals surface area contributed by atoms with Gasteiger partial charge in [0, 0.05) is 32.9 Å². The first-order valence-corrected chi connectivity index (χ1v) is 32.7. The molecule has 2 heterocycles. The van der Waals surface area contributed by atoms with Gasteiger partial charge in [0.15, 0.2) is 0 Å². The fourth-order valence-electron chi connectivity index (χ4n) is 15.3. The zero-order valence-electron chi connectivity index (χ0n) is 51.8. The number of nitrogens with zero attached hydrogens (tertiary/aromatic N) is 2. The maximum Gasteiger partial charge on any atom is 0.0541 e. The highest BCUT2D eigenvalue weighted by Crippen LogP contribution is 2.50. The zero-order chi connectivity index (χ0) is 61.6. The molecule has 1 fully saturated rings. The average molecular weight is 1190 g/mol. The van der Waals surface area contributed by atoms with Crippen molar-refractivity contribution in [2.75, 3.05) is 0 Å². The van der Waals surface area contributed by atoms with Gasteiger partial charge < -0.3 is 9.13 Å². The van der Waals surface area contributed by atoms with Gasteiger partial charge in [0.25, 0.3) is 0 Å². The Hall–Kier alpha value is -11.6. The Labute approximate surface area is 542 Å². The summed E-state index contributed by atoms with van der Waals surface area (Å²) in [6.45, 7) is 2.46. The molecule has 0 atom stereocenters. The molecule has 0 amide bonds. The van der Waals surface area contributed by atoms with Crippen LogP contribution in [0.3, 0.4) is 0 Å². The van der Waals surface area contributed by atoms with Crippen LogP contribution >= 0.6 is 0 Å². The van der Waals surface area contributed by atoms with Crippen molar-refractivity contribution in [3.8, 4) is 100 Å². The van der Waals surface area contributed by atoms with Crippen molar-refractivity contribution in [1.82, 2.24) is 9.13 Å². The Morgan fingerprint density at radius 2 is 0.484 bits per heavy atom. The Balaban J connectivity index is 0.721. The van der Waals surface area contributed by atoms with E-state index in [0.717, 1.165) is 11.4 Å². The highest BCUT2D eigenvalue weighted by Gasteiger charge is 2.34.